The van der Waals surface area contributed by atoms with E-state index in [1.807, 2.05) is 0 Å². The molecule has 1 rings (SSSR count). The molecule has 0 aliphatic rings. The number of benzene rings is 1. The lowest BCUT2D eigenvalue weighted by Gasteiger charge is -2.17. The van der Waals surface area contributed by atoms with Gasteiger partial charge < -0.3 is 14.2 Å². The predicted molar refractivity (Wildman–Crippen MR) is 75.7 cm³/mol. The molecule has 19 heavy (non-hydrogen) atoms. The van der Waals surface area contributed by atoms with Crippen LogP contribution in [0.15, 0.2) is 12.1 Å². The van der Waals surface area contributed by atoms with Crippen molar-refractivity contribution in [1.29, 1.82) is 0 Å². The van der Waals surface area contributed by atoms with Gasteiger partial charge >= 0.3 is 0 Å². The predicted octanol–water partition coefficient (Wildman–Crippen LogP) is 1.50. The average molecular weight is 304 g/mol. The first-order chi connectivity index (χ1) is 8.90. The summed E-state index contributed by atoms with van der Waals surface area (Å²) in [6, 6.07) is 2.92. The first kappa shape index (κ1) is 15.8. The maximum atomic E-state index is 12.0. The number of ketones is 1. The number of ether oxygens (including phenoxy) is 1. The number of anilines is 1. The number of rotatable bonds is 6. The van der Waals surface area contributed by atoms with E-state index in [4.69, 9.17) is 16.3 Å². The van der Waals surface area contributed by atoms with Gasteiger partial charge in [-0.2, -0.15) is 0 Å². The van der Waals surface area contributed by atoms with Gasteiger partial charge in [0.25, 0.3) is 0 Å². The Kier molecular flexibility index (Phi) is 5.65. The molecule has 104 valence electrons. The molecule has 0 heterocycles. The fourth-order valence-corrected chi connectivity index (χ4v) is 2.29. The molecule has 0 N–H and O–H groups in total. The Balaban J connectivity index is 3.32. The van der Waals surface area contributed by atoms with Crippen LogP contribution in [0.25, 0.3) is 0 Å². The largest absolute Gasteiger partial charge is 0.616 e. The smallest absolute Gasteiger partial charge is 0.214 e. The Morgan fingerprint density at radius 3 is 2.68 bits per heavy atom. The van der Waals surface area contributed by atoms with Gasteiger partial charge in [0.15, 0.2) is 5.75 Å². The second-order valence-corrected chi connectivity index (χ2v) is 5.70. The van der Waals surface area contributed by atoms with E-state index in [0.29, 0.717) is 22.9 Å². The van der Waals surface area contributed by atoms with Crippen LogP contribution in [0.1, 0.15) is 10.4 Å². The van der Waals surface area contributed by atoms with Crippen LogP contribution in [0.5, 0.6) is 5.75 Å². The minimum absolute atomic E-state index is 0.121. The second kappa shape index (κ2) is 6.79. The van der Waals surface area contributed by atoms with Gasteiger partial charge in [0, 0.05) is 7.05 Å². The number of amides is 1. The highest BCUT2D eigenvalue weighted by Crippen LogP contribution is 2.32. The van der Waals surface area contributed by atoms with Crippen LogP contribution in [-0.2, 0) is 16.0 Å². The minimum Gasteiger partial charge on any atom is -0.616 e. The molecule has 1 atom stereocenters. The summed E-state index contributed by atoms with van der Waals surface area (Å²) in [6.07, 6.45) is 2.01. The fourth-order valence-electron chi connectivity index (χ4n) is 1.53. The van der Waals surface area contributed by atoms with Crippen molar-refractivity contribution in [3.63, 3.8) is 0 Å². The first-order valence-corrected chi connectivity index (χ1v) is 7.40. The number of carbonyl (C=O) groups is 2. The number of Topliss-reactive ketones (excluding diaryl/α,β-unsaturated/α-hetero) is 1. The Hall–Kier alpha value is -1.24. The summed E-state index contributed by atoms with van der Waals surface area (Å²) >= 11 is 4.71. The molecule has 1 unspecified atom stereocenters. The fraction of sp³-hybridized carbons (Fsp3) is 0.333. The van der Waals surface area contributed by atoms with Gasteiger partial charge in [-0.1, -0.05) is 11.6 Å². The molecular formula is C12H14ClNO4S. The molecule has 0 saturated carbocycles. The number of methoxy groups -OCH3 is 1. The summed E-state index contributed by atoms with van der Waals surface area (Å²) in [5, 5.41) is 0.292. The van der Waals surface area contributed by atoms with Gasteiger partial charge in [-0.05, 0) is 23.3 Å². The molecule has 0 bridgehead atoms. The summed E-state index contributed by atoms with van der Waals surface area (Å²) in [5.41, 5.74) is 0.613. The Labute approximate surface area is 119 Å². The SMILES string of the molecule is COc1cc(C(=O)C[S+](C)[O-])c(N(C)C=O)cc1Cl. The van der Waals surface area contributed by atoms with Crippen LogP contribution in [0.3, 0.4) is 0 Å². The van der Waals surface area contributed by atoms with Crippen molar-refractivity contribution in [1.82, 2.24) is 0 Å². The highest BCUT2D eigenvalue weighted by Gasteiger charge is 2.20. The van der Waals surface area contributed by atoms with Crippen molar-refractivity contribution in [3.8, 4) is 5.75 Å². The van der Waals surface area contributed by atoms with Crippen molar-refractivity contribution in [3.05, 3.63) is 22.7 Å². The van der Waals surface area contributed by atoms with Gasteiger partial charge in [-0.15, -0.1) is 0 Å². The van der Waals surface area contributed by atoms with E-state index >= 15 is 0 Å². The molecule has 1 aromatic carbocycles. The molecule has 0 saturated heterocycles. The second-order valence-electron chi connectivity index (χ2n) is 3.86. The van der Waals surface area contributed by atoms with E-state index in [-0.39, 0.29) is 17.1 Å². The van der Waals surface area contributed by atoms with E-state index in [9.17, 15) is 14.1 Å². The van der Waals surface area contributed by atoms with E-state index in [1.54, 1.807) is 0 Å². The maximum absolute atomic E-state index is 12.0. The monoisotopic (exact) mass is 303 g/mol. The number of hydrogen-bond donors (Lipinski definition) is 0. The Morgan fingerprint density at radius 2 is 2.21 bits per heavy atom. The average Bonchev–Trinajstić information content (AvgIpc) is 2.36. The molecule has 0 radical (unpaired) electrons. The van der Waals surface area contributed by atoms with Crippen molar-refractivity contribution in [2.45, 2.75) is 0 Å². The molecule has 0 aromatic heterocycles. The lowest BCUT2D eigenvalue weighted by molar-refractivity contribution is -0.107. The summed E-state index contributed by atoms with van der Waals surface area (Å²) in [4.78, 5) is 24.1. The molecule has 0 fully saturated rings. The van der Waals surface area contributed by atoms with E-state index in [0.717, 1.165) is 0 Å². The molecule has 0 aliphatic carbocycles. The molecule has 1 amide bonds. The zero-order valence-corrected chi connectivity index (χ0v) is 12.4. The van der Waals surface area contributed by atoms with Gasteiger partial charge in [0.2, 0.25) is 12.2 Å². The van der Waals surface area contributed by atoms with Crippen molar-refractivity contribution < 1.29 is 18.9 Å². The van der Waals surface area contributed by atoms with E-state index < -0.39 is 11.2 Å². The standard InChI is InChI=1S/C12H14ClNO4S/c1-14(7-15)10-5-9(13)12(18-2)4-8(10)11(16)6-19(3)17/h4-5,7H,6H2,1-3H3. The molecular weight excluding hydrogens is 290 g/mol. The molecule has 7 heteroatoms. The van der Waals surface area contributed by atoms with Crippen LogP contribution in [-0.4, -0.2) is 42.9 Å². The third kappa shape index (κ3) is 3.86. The summed E-state index contributed by atoms with van der Waals surface area (Å²) in [5.74, 6) is -0.126. The molecule has 0 aliphatic heterocycles. The normalized spacial score (nSPS) is 11.8. The third-order valence-electron chi connectivity index (χ3n) is 2.44. The minimum atomic E-state index is -1.26. The van der Waals surface area contributed by atoms with Crippen LogP contribution in [0.4, 0.5) is 5.69 Å². The molecule has 1 aromatic rings. The van der Waals surface area contributed by atoms with Gasteiger partial charge in [-0.3, -0.25) is 9.59 Å². The van der Waals surface area contributed by atoms with Gasteiger partial charge in [0.05, 0.1) is 29.6 Å². The number of carbonyl (C=O) groups excluding carboxylic acids is 2. The van der Waals surface area contributed by atoms with Crippen molar-refractivity contribution in [2.24, 2.45) is 0 Å². The van der Waals surface area contributed by atoms with Gasteiger partial charge in [-0.25, -0.2) is 0 Å². The third-order valence-corrected chi connectivity index (χ3v) is 3.41. The zero-order valence-electron chi connectivity index (χ0n) is 10.8. The topological polar surface area (TPSA) is 69.7 Å². The van der Waals surface area contributed by atoms with Crippen molar-refractivity contribution in [2.75, 3.05) is 31.1 Å². The summed E-state index contributed by atoms with van der Waals surface area (Å²) in [6.45, 7) is 0. The van der Waals surface area contributed by atoms with Crippen LogP contribution < -0.4 is 9.64 Å². The number of halogens is 1. The maximum Gasteiger partial charge on any atom is 0.214 e. The molecule has 0 spiro atoms. The zero-order chi connectivity index (χ0) is 14.6. The number of hydrogen-bond acceptors (Lipinski definition) is 4. The van der Waals surface area contributed by atoms with Crippen LogP contribution in [0.2, 0.25) is 5.02 Å². The van der Waals surface area contributed by atoms with E-state index in [1.165, 1.54) is 37.4 Å². The lowest BCUT2D eigenvalue weighted by atomic mass is 10.1. The Bertz CT molecular complexity index is 493. The first-order valence-electron chi connectivity index (χ1n) is 5.29. The summed E-state index contributed by atoms with van der Waals surface area (Å²) in [7, 11) is 2.93. The number of nitrogens with zero attached hydrogens (tertiary/aromatic N) is 1. The Morgan fingerprint density at radius 1 is 1.58 bits per heavy atom. The molecule has 5 nitrogen and oxygen atoms in total. The van der Waals surface area contributed by atoms with Gasteiger partial charge in [0.1, 0.15) is 5.75 Å². The van der Waals surface area contributed by atoms with Crippen LogP contribution in [0, 0.1) is 0 Å². The summed E-state index contributed by atoms with van der Waals surface area (Å²) < 4.78 is 16.2. The van der Waals surface area contributed by atoms with E-state index in [2.05, 4.69) is 0 Å². The highest BCUT2D eigenvalue weighted by molar-refractivity contribution is 7.91. The van der Waals surface area contributed by atoms with Crippen molar-refractivity contribution >= 4 is 40.7 Å². The van der Waals surface area contributed by atoms with Crippen LogP contribution >= 0.6 is 11.6 Å². The highest BCUT2D eigenvalue weighted by atomic mass is 35.5. The lowest BCUT2D eigenvalue weighted by Crippen LogP contribution is -2.21. The quantitative estimate of drug-likeness (QED) is 0.454.